The molecule has 0 spiro atoms. The first-order valence-corrected chi connectivity index (χ1v) is 8.65. The Morgan fingerprint density at radius 3 is 2.87 bits per heavy atom. The Labute approximate surface area is 96.3 Å². The van der Waals surface area contributed by atoms with Crippen LogP contribution < -0.4 is 5.32 Å². The van der Waals surface area contributed by atoms with Gasteiger partial charge in [-0.2, -0.15) is 11.8 Å². The molecule has 1 N–H and O–H groups in total. The second kappa shape index (κ2) is 5.06. The van der Waals surface area contributed by atoms with Gasteiger partial charge in [-0.1, -0.05) is 0 Å². The first-order valence-electron chi connectivity index (χ1n) is 5.67. The van der Waals surface area contributed by atoms with Crippen LogP contribution in [0.2, 0.25) is 0 Å². The van der Waals surface area contributed by atoms with Crippen molar-refractivity contribution in [3.05, 3.63) is 0 Å². The number of hydrogen-bond donors (Lipinski definition) is 1. The van der Waals surface area contributed by atoms with E-state index in [0.29, 0.717) is 11.5 Å². The second-order valence-corrected chi connectivity index (χ2v) is 7.97. The third-order valence-electron chi connectivity index (χ3n) is 3.18. The van der Waals surface area contributed by atoms with Crippen LogP contribution in [0.5, 0.6) is 0 Å². The SMILES string of the molecule is O=S1(=O)CCCC(NCC2CCSC2)C1. The molecule has 2 heterocycles. The molecule has 2 atom stereocenters. The van der Waals surface area contributed by atoms with Crippen molar-refractivity contribution in [2.75, 3.05) is 29.6 Å². The van der Waals surface area contributed by atoms with E-state index < -0.39 is 9.84 Å². The van der Waals surface area contributed by atoms with E-state index in [4.69, 9.17) is 0 Å². The molecule has 0 aromatic rings. The number of thioether (sulfide) groups is 1. The molecule has 15 heavy (non-hydrogen) atoms. The maximum Gasteiger partial charge on any atom is 0.151 e. The molecule has 5 heteroatoms. The first kappa shape index (κ1) is 11.7. The summed E-state index contributed by atoms with van der Waals surface area (Å²) in [5.74, 6) is 4.03. The quantitative estimate of drug-likeness (QED) is 0.807. The number of sulfone groups is 1. The molecule has 0 radical (unpaired) electrons. The highest BCUT2D eigenvalue weighted by Crippen LogP contribution is 2.23. The van der Waals surface area contributed by atoms with Crippen molar-refractivity contribution in [1.29, 1.82) is 0 Å². The highest BCUT2D eigenvalue weighted by atomic mass is 32.2. The molecule has 0 aliphatic carbocycles. The van der Waals surface area contributed by atoms with E-state index in [1.807, 2.05) is 11.8 Å². The van der Waals surface area contributed by atoms with Crippen molar-refractivity contribution < 1.29 is 8.42 Å². The first-order chi connectivity index (χ1) is 7.16. The summed E-state index contributed by atoms with van der Waals surface area (Å²) in [6, 6.07) is 0.217. The summed E-state index contributed by atoms with van der Waals surface area (Å²) >= 11 is 2.01. The summed E-state index contributed by atoms with van der Waals surface area (Å²) in [6.07, 6.45) is 3.15. The van der Waals surface area contributed by atoms with E-state index >= 15 is 0 Å². The number of hydrogen-bond acceptors (Lipinski definition) is 4. The summed E-state index contributed by atoms with van der Waals surface area (Å²) in [4.78, 5) is 0. The molecule has 2 fully saturated rings. The van der Waals surface area contributed by atoms with Crippen LogP contribution in [-0.2, 0) is 9.84 Å². The average molecular weight is 249 g/mol. The highest BCUT2D eigenvalue weighted by Gasteiger charge is 2.25. The smallest absolute Gasteiger partial charge is 0.151 e. The van der Waals surface area contributed by atoms with E-state index in [0.717, 1.165) is 25.3 Å². The monoisotopic (exact) mass is 249 g/mol. The van der Waals surface area contributed by atoms with Crippen LogP contribution in [0.15, 0.2) is 0 Å². The molecule has 2 unspecified atom stereocenters. The van der Waals surface area contributed by atoms with Gasteiger partial charge in [0.05, 0.1) is 11.5 Å². The van der Waals surface area contributed by atoms with Crippen LogP contribution in [0, 0.1) is 5.92 Å². The van der Waals surface area contributed by atoms with Crippen molar-refractivity contribution in [1.82, 2.24) is 5.32 Å². The molecule has 0 aromatic heterocycles. The largest absolute Gasteiger partial charge is 0.313 e. The van der Waals surface area contributed by atoms with Crippen LogP contribution in [0.3, 0.4) is 0 Å². The molecule has 2 aliphatic heterocycles. The lowest BCUT2D eigenvalue weighted by Gasteiger charge is -2.24. The molecule has 0 bridgehead atoms. The molecule has 0 amide bonds. The molecular weight excluding hydrogens is 230 g/mol. The molecule has 0 aromatic carbocycles. The molecule has 2 aliphatic rings. The van der Waals surface area contributed by atoms with Crippen LogP contribution >= 0.6 is 11.8 Å². The molecule has 0 saturated carbocycles. The van der Waals surface area contributed by atoms with Crippen molar-refractivity contribution in [2.24, 2.45) is 5.92 Å². The van der Waals surface area contributed by atoms with Gasteiger partial charge in [-0.3, -0.25) is 0 Å². The molecule has 2 saturated heterocycles. The van der Waals surface area contributed by atoms with Crippen molar-refractivity contribution in [2.45, 2.75) is 25.3 Å². The maximum absolute atomic E-state index is 11.4. The van der Waals surface area contributed by atoms with E-state index in [2.05, 4.69) is 5.32 Å². The molecule has 2 rings (SSSR count). The fraction of sp³-hybridized carbons (Fsp3) is 1.00. The number of rotatable bonds is 3. The average Bonchev–Trinajstić information content (AvgIpc) is 2.65. The van der Waals surface area contributed by atoms with Gasteiger partial charge in [-0.05, 0) is 43.2 Å². The third kappa shape index (κ3) is 3.64. The highest BCUT2D eigenvalue weighted by molar-refractivity contribution is 7.99. The Kier molecular flexibility index (Phi) is 3.96. The van der Waals surface area contributed by atoms with Gasteiger partial charge < -0.3 is 5.32 Å². The summed E-state index contributed by atoms with van der Waals surface area (Å²) < 4.78 is 22.8. The minimum absolute atomic E-state index is 0.217. The standard InChI is InChI=1S/C10H19NO2S2/c12-15(13)5-1-2-10(8-15)11-6-9-3-4-14-7-9/h9-11H,1-8H2. The van der Waals surface area contributed by atoms with Gasteiger partial charge in [0.25, 0.3) is 0 Å². The minimum atomic E-state index is -2.75. The van der Waals surface area contributed by atoms with Gasteiger partial charge in [0.15, 0.2) is 9.84 Å². The molecular formula is C10H19NO2S2. The zero-order valence-corrected chi connectivity index (χ0v) is 10.6. The Morgan fingerprint density at radius 2 is 2.20 bits per heavy atom. The number of nitrogens with one attached hydrogen (secondary N) is 1. The van der Waals surface area contributed by atoms with Gasteiger partial charge in [-0.25, -0.2) is 8.42 Å². The summed E-state index contributed by atoms with van der Waals surface area (Å²) in [7, 11) is -2.75. The Hall–Kier alpha value is 0.260. The topological polar surface area (TPSA) is 46.2 Å². The van der Waals surface area contributed by atoms with Crippen molar-refractivity contribution in [3.63, 3.8) is 0 Å². The lowest BCUT2D eigenvalue weighted by Crippen LogP contribution is -2.42. The Morgan fingerprint density at radius 1 is 1.33 bits per heavy atom. The van der Waals surface area contributed by atoms with E-state index in [1.165, 1.54) is 17.9 Å². The second-order valence-electron chi connectivity index (χ2n) is 4.59. The van der Waals surface area contributed by atoms with Crippen LogP contribution in [0.1, 0.15) is 19.3 Å². The van der Waals surface area contributed by atoms with Crippen molar-refractivity contribution in [3.8, 4) is 0 Å². The fourth-order valence-electron chi connectivity index (χ4n) is 2.26. The zero-order valence-electron chi connectivity index (χ0n) is 8.94. The van der Waals surface area contributed by atoms with Gasteiger partial charge in [0.1, 0.15) is 0 Å². The Balaban J connectivity index is 1.74. The molecule has 3 nitrogen and oxygen atoms in total. The third-order valence-corrected chi connectivity index (χ3v) is 6.23. The normalized spacial score (nSPS) is 35.5. The fourth-order valence-corrected chi connectivity index (χ4v) is 5.22. The van der Waals surface area contributed by atoms with Gasteiger partial charge >= 0.3 is 0 Å². The molecule has 88 valence electrons. The van der Waals surface area contributed by atoms with E-state index in [9.17, 15) is 8.42 Å². The predicted octanol–water partition coefficient (Wildman–Crippen LogP) is 0.906. The van der Waals surface area contributed by atoms with Crippen LogP contribution in [-0.4, -0.2) is 44.0 Å². The van der Waals surface area contributed by atoms with Crippen molar-refractivity contribution >= 4 is 21.6 Å². The van der Waals surface area contributed by atoms with E-state index in [1.54, 1.807) is 0 Å². The Bertz CT molecular complexity index is 297. The predicted molar refractivity (Wildman–Crippen MR) is 65.1 cm³/mol. The van der Waals surface area contributed by atoms with E-state index in [-0.39, 0.29) is 6.04 Å². The lowest BCUT2D eigenvalue weighted by molar-refractivity contribution is 0.436. The summed E-state index contributed by atoms with van der Waals surface area (Å²) in [6.45, 7) is 1.01. The van der Waals surface area contributed by atoms with Crippen LogP contribution in [0.4, 0.5) is 0 Å². The van der Waals surface area contributed by atoms with Crippen LogP contribution in [0.25, 0.3) is 0 Å². The summed E-state index contributed by atoms with van der Waals surface area (Å²) in [5, 5.41) is 3.43. The summed E-state index contributed by atoms with van der Waals surface area (Å²) in [5.41, 5.74) is 0. The van der Waals surface area contributed by atoms with Gasteiger partial charge in [0.2, 0.25) is 0 Å². The van der Waals surface area contributed by atoms with Gasteiger partial charge in [-0.15, -0.1) is 0 Å². The van der Waals surface area contributed by atoms with Gasteiger partial charge in [0, 0.05) is 6.04 Å². The maximum atomic E-state index is 11.4. The minimum Gasteiger partial charge on any atom is -0.313 e. The lowest BCUT2D eigenvalue weighted by atomic mass is 10.1. The zero-order chi connectivity index (χ0) is 10.7.